The SMILES string of the molecule is CCOC(=O)Cn1c2c(c3cc(O)ccc31)CCCCC2. The zero-order chi connectivity index (χ0) is 14.8. The van der Waals surface area contributed by atoms with E-state index in [2.05, 4.69) is 4.57 Å². The Morgan fingerprint density at radius 1 is 1.29 bits per heavy atom. The van der Waals surface area contributed by atoms with E-state index in [0.29, 0.717) is 6.61 Å². The first kappa shape index (κ1) is 14.0. The van der Waals surface area contributed by atoms with Gasteiger partial charge in [-0.25, -0.2) is 0 Å². The third-order valence-corrected chi connectivity index (χ3v) is 4.20. The van der Waals surface area contributed by atoms with Gasteiger partial charge < -0.3 is 14.4 Å². The van der Waals surface area contributed by atoms with Crippen LogP contribution in [0.25, 0.3) is 10.9 Å². The molecule has 0 amide bonds. The van der Waals surface area contributed by atoms with Crippen LogP contribution in [0.3, 0.4) is 0 Å². The molecule has 1 N–H and O–H groups in total. The fraction of sp³-hybridized carbons (Fsp3) is 0.471. The monoisotopic (exact) mass is 287 g/mol. The van der Waals surface area contributed by atoms with E-state index in [4.69, 9.17) is 4.74 Å². The Labute approximate surface area is 124 Å². The first-order chi connectivity index (χ1) is 10.2. The summed E-state index contributed by atoms with van der Waals surface area (Å²) in [6.07, 6.45) is 5.54. The molecule has 0 saturated carbocycles. The largest absolute Gasteiger partial charge is 0.508 e. The summed E-state index contributed by atoms with van der Waals surface area (Å²) in [5.41, 5.74) is 3.55. The summed E-state index contributed by atoms with van der Waals surface area (Å²) in [5.74, 6) is 0.0809. The number of hydrogen-bond acceptors (Lipinski definition) is 3. The smallest absolute Gasteiger partial charge is 0.325 e. The summed E-state index contributed by atoms with van der Waals surface area (Å²) in [6, 6.07) is 5.41. The topological polar surface area (TPSA) is 51.5 Å². The van der Waals surface area contributed by atoms with Crippen molar-refractivity contribution in [1.29, 1.82) is 0 Å². The van der Waals surface area contributed by atoms with E-state index in [-0.39, 0.29) is 18.3 Å². The van der Waals surface area contributed by atoms with Crippen molar-refractivity contribution in [2.24, 2.45) is 0 Å². The van der Waals surface area contributed by atoms with Crippen LogP contribution in [0.1, 0.15) is 37.4 Å². The van der Waals surface area contributed by atoms with Crippen LogP contribution in [0.5, 0.6) is 5.75 Å². The summed E-state index contributed by atoms with van der Waals surface area (Å²) >= 11 is 0. The zero-order valence-corrected chi connectivity index (χ0v) is 12.4. The van der Waals surface area contributed by atoms with Crippen molar-refractivity contribution in [3.63, 3.8) is 0 Å². The second-order valence-electron chi connectivity index (χ2n) is 5.58. The zero-order valence-electron chi connectivity index (χ0n) is 12.4. The first-order valence-corrected chi connectivity index (χ1v) is 7.69. The molecule has 0 unspecified atom stereocenters. The number of benzene rings is 1. The van der Waals surface area contributed by atoms with E-state index in [1.54, 1.807) is 6.07 Å². The molecular weight excluding hydrogens is 266 g/mol. The first-order valence-electron chi connectivity index (χ1n) is 7.69. The fourth-order valence-electron chi connectivity index (χ4n) is 3.32. The van der Waals surface area contributed by atoms with Gasteiger partial charge in [0, 0.05) is 16.6 Å². The Bertz CT molecular complexity index is 672. The van der Waals surface area contributed by atoms with Gasteiger partial charge in [-0.3, -0.25) is 4.79 Å². The lowest BCUT2D eigenvalue weighted by Crippen LogP contribution is -2.15. The van der Waals surface area contributed by atoms with Gasteiger partial charge in [0.15, 0.2) is 0 Å². The van der Waals surface area contributed by atoms with Gasteiger partial charge in [-0.05, 0) is 56.4 Å². The van der Waals surface area contributed by atoms with Crippen LogP contribution < -0.4 is 0 Å². The fourth-order valence-corrected chi connectivity index (χ4v) is 3.32. The number of aryl methyl sites for hydroxylation is 1. The number of phenols is 1. The Morgan fingerprint density at radius 3 is 2.90 bits per heavy atom. The molecule has 21 heavy (non-hydrogen) atoms. The molecule has 0 fully saturated rings. The molecule has 2 aromatic rings. The van der Waals surface area contributed by atoms with Gasteiger partial charge in [-0.15, -0.1) is 0 Å². The Kier molecular flexibility index (Phi) is 3.86. The van der Waals surface area contributed by atoms with Gasteiger partial charge >= 0.3 is 5.97 Å². The van der Waals surface area contributed by atoms with E-state index < -0.39 is 0 Å². The highest BCUT2D eigenvalue weighted by atomic mass is 16.5. The number of nitrogens with zero attached hydrogens (tertiary/aromatic N) is 1. The van der Waals surface area contributed by atoms with Gasteiger partial charge in [0.05, 0.1) is 6.61 Å². The van der Waals surface area contributed by atoms with E-state index in [9.17, 15) is 9.90 Å². The van der Waals surface area contributed by atoms with Gasteiger partial charge in [-0.2, -0.15) is 0 Å². The molecule has 3 rings (SSSR count). The van der Waals surface area contributed by atoms with Gasteiger partial charge in [0.25, 0.3) is 0 Å². The minimum atomic E-state index is -0.200. The highest BCUT2D eigenvalue weighted by Crippen LogP contribution is 2.33. The predicted molar refractivity (Wildman–Crippen MR) is 81.5 cm³/mol. The van der Waals surface area contributed by atoms with E-state index >= 15 is 0 Å². The number of carbonyl (C=O) groups excluding carboxylic acids is 1. The second kappa shape index (κ2) is 5.80. The summed E-state index contributed by atoms with van der Waals surface area (Å²) < 4.78 is 7.18. The van der Waals surface area contributed by atoms with E-state index in [1.165, 1.54) is 24.1 Å². The molecule has 1 aliphatic rings. The number of hydrogen-bond donors (Lipinski definition) is 1. The summed E-state index contributed by atoms with van der Waals surface area (Å²) in [4.78, 5) is 11.9. The van der Waals surface area contributed by atoms with Crippen molar-refractivity contribution in [2.45, 2.75) is 45.6 Å². The number of carbonyl (C=O) groups is 1. The molecule has 0 aliphatic heterocycles. The van der Waals surface area contributed by atoms with Crippen LogP contribution in [-0.4, -0.2) is 22.2 Å². The van der Waals surface area contributed by atoms with Gasteiger partial charge in [0.2, 0.25) is 0 Å². The van der Waals surface area contributed by atoms with Crippen LogP contribution in [0.4, 0.5) is 0 Å². The molecule has 112 valence electrons. The Morgan fingerprint density at radius 2 is 2.10 bits per heavy atom. The molecule has 0 saturated heterocycles. The maximum atomic E-state index is 11.9. The third-order valence-electron chi connectivity index (χ3n) is 4.20. The normalized spacial score (nSPS) is 14.7. The molecule has 1 aliphatic carbocycles. The van der Waals surface area contributed by atoms with Crippen molar-refractivity contribution in [2.75, 3.05) is 6.61 Å². The minimum absolute atomic E-state index is 0.200. The minimum Gasteiger partial charge on any atom is -0.508 e. The summed E-state index contributed by atoms with van der Waals surface area (Å²) in [6.45, 7) is 2.48. The molecule has 0 radical (unpaired) electrons. The summed E-state index contributed by atoms with van der Waals surface area (Å²) in [7, 11) is 0. The number of esters is 1. The number of phenolic OH excluding ortho intramolecular Hbond substituents is 1. The standard InChI is InChI=1S/C17H21NO3/c1-2-21-17(20)11-18-15-7-5-3-4-6-13(15)14-10-12(19)8-9-16(14)18/h8-10,19H,2-7,11H2,1H3. The predicted octanol–water partition coefficient (Wildman–Crippen LogP) is 3.18. The lowest BCUT2D eigenvalue weighted by Gasteiger charge is -2.10. The lowest BCUT2D eigenvalue weighted by molar-refractivity contribution is -0.143. The van der Waals surface area contributed by atoms with Crippen molar-refractivity contribution < 1.29 is 14.6 Å². The van der Waals surface area contributed by atoms with Gasteiger partial charge in [0.1, 0.15) is 12.3 Å². The van der Waals surface area contributed by atoms with Crippen LogP contribution in [0, 0.1) is 0 Å². The average Bonchev–Trinajstić information content (AvgIpc) is 2.64. The quantitative estimate of drug-likeness (QED) is 0.697. The number of fused-ring (bicyclic) bond motifs is 3. The summed E-state index contributed by atoms with van der Waals surface area (Å²) in [5, 5.41) is 10.9. The molecule has 0 spiro atoms. The second-order valence-corrected chi connectivity index (χ2v) is 5.58. The van der Waals surface area contributed by atoms with Crippen molar-refractivity contribution in [3.05, 3.63) is 29.5 Å². The van der Waals surface area contributed by atoms with Crippen LogP contribution in [0.2, 0.25) is 0 Å². The highest BCUT2D eigenvalue weighted by Gasteiger charge is 2.20. The van der Waals surface area contributed by atoms with Crippen molar-refractivity contribution >= 4 is 16.9 Å². The molecule has 0 atom stereocenters. The molecule has 0 bridgehead atoms. The van der Waals surface area contributed by atoms with Crippen LogP contribution >= 0.6 is 0 Å². The number of aromatic nitrogens is 1. The molecular formula is C17H21NO3. The maximum Gasteiger partial charge on any atom is 0.325 e. The van der Waals surface area contributed by atoms with Gasteiger partial charge in [-0.1, -0.05) is 6.42 Å². The van der Waals surface area contributed by atoms with Crippen molar-refractivity contribution in [3.8, 4) is 5.75 Å². The van der Waals surface area contributed by atoms with Crippen LogP contribution in [-0.2, 0) is 28.9 Å². The highest BCUT2D eigenvalue weighted by molar-refractivity contribution is 5.88. The van der Waals surface area contributed by atoms with E-state index in [0.717, 1.165) is 30.2 Å². The van der Waals surface area contributed by atoms with Crippen LogP contribution in [0.15, 0.2) is 18.2 Å². The molecule has 4 heteroatoms. The molecule has 1 aromatic carbocycles. The number of rotatable bonds is 3. The lowest BCUT2D eigenvalue weighted by atomic mass is 10.1. The molecule has 1 heterocycles. The average molecular weight is 287 g/mol. The Balaban J connectivity index is 2.12. The van der Waals surface area contributed by atoms with Crippen molar-refractivity contribution in [1.82, 2.24) is 4.57 Å². The third kappa shape index (κ3) is 2.62. The molecule has 1 aromatic heterocycles. The maximum absolute atomic E-state index is 11.9. The molecule has 4 nitrogen and oxygen atoms in total. The van der Waals surface area contributed by atoms with E-state index in [1.807, 2.05) is 19.1 Å². The number of ether oxygens (including phenoxy) is 1. The number of aromatic hydroxyl groups is 1. The Hall–Kier alpha value is -1.97.